The molecule has 1 rings (SSSR count). The standard InChI is InChI=1S/C11H12FN/c1-3-8-5-10(7-13)11(12)6-9(8)4-2/h5-6H,3-4H2,1-2H3. The molecule has 1 aromatic carbocycles. The Bertz CT molecular complexity index is 350. The van der Waals surface area contributed by atoms with Gasteiger partial charge >= 0.3 is 0 Å². The Balaban J connectivity index is 3.28. The van der Waals surface area contributed by atoms with E-state index in [0.29, 0.717) is 0 Å². The number of benzene rings is 1. The number of aryl methyl sites for hydroxylation is 2. The van der Waals surface area contributed by atoms with Crippen LogP contribution in [0.2, 0.25) is 0 Å². The zero-order valence-electron chi connectivity index (χ0n) is 7.89. The van der Waals surface area contributed by atoms with Crippen molar-refractivity contribution in [2.75, 3.05) is 0 Å². The van der Waals surface area contributed by atoms with Gasteiger partial charge in [0.15, 0.2) is 0 Å². The third-order valence-electron chi connectivity index (χ3n) is 2.17. The SMILES string of the molecule is CCc1cc(F)c(C#N)cc1CC. The van der Waals surface area contributed by atoms with Gasteiger partial charge in [0.1, 0.15) is 11.9 Å². The van der Waals surface area contributed by atoms with Gasteiger partial charge in [0.25, 0.3) is 0 Å². The van der Waals surface area contributed by atoms with E-state index in [0.717, 1.165) is 24.0 Å². The largest absolute Gasteiger partial charge is 0.206 e. The molecule has 1 nitrogen and oxygen atoms in total. The van der Waals surface area contributed by atoms with Gasteiger partial charge in [0.05, 0.1) is 5.56 Å². The van der Waals surface area contributed by atoms with E-state index < -0.39 is 5.82 Å². The van der Waals surface area contributed by atoms with E-state index in [2.05, 4.69) is 0 Å². The van der Waals surface area contributed by atoms with Gasteiger partial charge in [-0.1, -0.05) is 13.8 Å². The molecule has 0 radical (unpaired) electrons. The van der Waals surface area contributed by atoms with Crippen molar-refractivity contribution in [1.82, 2.24) is 0 Å². The predicted octanol–water partition coefficient (Wildman–Crippen LogP) is 2.82. The molecular formula is C11H12FN. The Kier molecular flexibility index (Phi) is 3.02. The van der Waals surface area contributed by atoms with E-state index in [4.69, 9.17) is 5.26 Å². The fourth-order valence-corrected chi connectivity index (χ4v) is 1.40. The topological polar surface area (TPSA) is 23.8 Å². The van der Waals surface area contributed by atoms with Crippen LogP contribution < -0.4 is 0 Å². The van der Waals surface area contributed by atoms with Crippen LogP contribution in [0.25, 0.3) is 0 Å². The molecule has 0 unspecified atom stereocenters. The molecule has 0 fully saturated rings. The average molecular weight is 177 g/mol. The lowest BCUT2D eigenvalue weighted by molar-refractivity contribution is 0.620. The minimum Gasteiger partial charge on any atom is -0.206 e. The summed E-state index contributed by atoms with van der Waals surface area (Å²) >= 11 is 0. The van der Waals surface area contributed by atoms with Crippen LogP contribution in [0.15, 0.2) is 12.1 Å². The van der Waals surface area contributed by atoms with Crippen LogP contribution in [0.4, 0.5) is 4.39 Å². The molecule has 0 bridgehead atoms. The van der Waals surface area contributed by atoms with E-state index >= 15 is 0 Å². The smallest absolute Gasteiger partial charge is 0.141 e. The molecule has 0 aliphatic heterocycles. The van der Waals surface area contributed by atoms with E-state index in [1.54, 1.807) is 6.07 Å². The van der Waals surface area contributed by atoms with Crippen molar-refractivity contribution in [2.24, 2.45) is 0 Å². The highest BCUT2D eigenvalue weighted by Crippen LogP contribution is 2.16. The highest BCUT2D eigenvalue weighted by Gasteiger charge is 2.06. The summed E-state index contributed by atoms with van der Waals surface area (Å²) in [5.74, 6) is -0.406. The predicted molar refractivity (Wildman–Crippen MR) is 49.9 cm³/mol. The fourth-order valence-electron chi connectivity index (χ4n) is 1.40. The van der Waals surface area contributed by atoms with Gasteiger partial charge in [-0.15, -0.1) is 0 Å². The Morgan fingerprint density at radius 2 is 1.77 bits per heavy atom. The Morgan fingerprint density at radius 3 is 2.23 bits per heavy atom. The second kappa shape index (κ2) is 4.04. The third kappa shape index (κ3) is 1.86. The van der Waals surface area contributed by atoms with Gasteiger partial charge in [-0.3, -0.25) is 0 Å². The summed E-state index contributed by atoms with van der Waals surface area (Å²) in [7, 11) is 0. The van der Waals surface area contributed by atoms with Crippen LogP contribution >= 0.6 is 0 Å². The molecule has 0 aliphatic rings. The molecular weight excluding hydrogens is 165 g/mol. The lowest BCUT2D eigenvalue weighted by Crippen LogP contribution is -1.95. The molecule has 0 aliphatic carbocycles. The van der Waals surface area contributed by atoms with Crippen molar-refractivity contribution in [1.29, 1.82) is 5.26 Å². The molecule has 0 N–H and O–H groups in total. The Labute approximate surface area is 77.8 Å². The third-order valence-corrected chi connectivity index (χ3v) is 2.17. The quantitative estimate of drug-likeness (QED) is 0.681. The minimum atomic E-state index is -0.406. The van der Waals surface area contributed by atoms with Crippen molar-refractivity contribution in [3.63, 3.8) is 0 Å². The summed E-state index contributed by atoms with van der Waals surface area (Å²) in [6, 6.07) is 4.96. The second-order valence-electron chi connectivity index (χ2n) is 2.92. The van der Waals surface area contributed by atoms with Gasteiger partial charge in [-0.2, -0.15) is 5.26 Å². The number of nitriles is 1. The molecule has 1 aromatic rings. The van der Waals surface area contributed by atoms with Gasteiger partial charge in [-0.05, 0) is 36.1 Å². The Hall–Kier alpha value is -1.36. The fraction of sp³-hybridized carbons (Fsp3) is 0.364. The highest BCUT2D eigenvalue weighted by atomic mass is 19.1. The summed E-state index contributed by atoms with van der Waals surface area (Å²) < 4.78 is 13.1. The van der Waals surface area contributed by atoms with Crippen LogP contribution in [0, 0.1) is 17.1 Å². The summed E-state index contributed by atoms with van der Waals surface area (Å²) in [5, 5.41) is 8.61. The van der Waals surface area contributed by atoms with Crippen molar-refractivity contribution < 1.29 is 4.39 Å². The summed E-state index contributed by atoms with van der Waals surface area (Å²) in [4.78, 5) is 0. The number of hydrogen-bond acceptors (Lipinski definition) is 1. The van der Waals surface area contributed by atoms with Gasteiger partial charge < -0.3 is 0 Å². The van der Waals surface area contributed by atoms with Crippen LogP contribution in [0.1, 0.15) is 30.5 Å². The molecule has 68 valence electrons. The average Bonchev–Trinajstić information content (AvgIpc) is 2.17. The molecule has 0 atom stereocenters. The zero-order chi connectivity index (χ0) is 9.84. The minimum absolute atomic E-state index is 0.147. The van der Waals surface area contributed by atoms with Crippen molar-refractivity contribution in [3.05, 3.63) is 34.6 Å². The zero-order valence-corrected chi connectivity index (χ0v) is 7.89. The summed E-state index contributed by atoms with van der Waals surface area (Å²) in [5.41, 5.74) is 2.22. The number of rotatable bonds is 2. The molecule has 0 aromatic heterocycles. The van der Waals surface area contributed by atoms with Gasteiger partial charge in [-0.25, -0.2) is 4.39 Å². The molecule has 2 heteroatoms. The van der Waals surface area contributed by atoms with E-state index in [-0.39, 0.29) is 5.56 Å². The molecule has 0 saturated carbocycles. The summed E-state index contributed by atoms with van der Waals surface area (Å²) in [6.07, 6.45) is 1.66. The lowest BCUT2D eigenvalue weighted by Gasteiger charge is -2.06. The van der Waals surface area contributed by atoms with Crippen LogP contribution in [-0.4, -0.2) is 0 Å². The monoisotopic (exact) mass is 177 g/mol. The maximum absolute atomic E-state index is 13.1. The first-order valence-electron chi connectivity index (χ1n) is 4.44. The molecule has 0 amide bonds. The van der Waals surface area contributed by atoms with Crippen molar-refractivity contribution in [3.8, 4) is 6.07 Å². The number of hydrogen-bond donors (Lipinski definition) is 0. The molecule has 0 saturated heterocycles. The van der Waals surface area contributed by atoms with Crippen LogP contribution in [0.3, 0.4) is 0 Å². The second-order valence-corrected chi connectivity index (χ2v) is 2.92. The van der Waals surface area contributed by atoms with E-state index in [9.17, 15) is 4.39 Å². The summed E-state index contributed by atoms with van der Waals surface area (Å²) in [6.45, 7) is 3.99. The molecule has 0 spiro atoms. The first-order chi connectivity index (χ1) is 6.22. The maximum Gasteiger partial charge on any atom is 0.141 e. The maximum atomic E-state index is 13.1. The first kappa shape index (κ1) is 9.73. The number of nitrogens with zero attached hydrogens (tertiary/aromatic N) is 1. The normalized spacial score (nSPS) is 9.69. The lowest BCUT2D eigenvalue weighted by atomic mass is 10.00. The molecule has 13 heavy (non-hydrogen) atoms. The van der Waals surface area contributed by atoms with Crippen LogP contribution in [0.5, 0.6) is 0 Å². The molecule has 0 heterocycles. The van der Waals surface area contributed by atoms with Crippen LogP contribution in [-0.2, 0) is 12.8 Å². The Morgan fingerprint density at radius 1 is 1.23 bits per heavy atom. The van der Waals surface area contributed by atoms with Gasteiger partial charge in [0.2, 0.25) is 0 Å². The van der Waals surface area contributed by atoms with Gasteiger partial charge in [0, 0.05) is 0 Å². The van der Waals surface area contributed by atoms with E-state index in [1.165, 1.54) is 6.07 Å². The number of halogens is 1. The van der Waals surface area contributed by atoms with Crippen molar-refractivity contribution >= 4 is 0 Å². The highest BCUT2D eigenvalue weighted by molar-refractivity contribution is 5.39. The first-order valence-corrected chi connectivity index (χ1v) is 4.44. The van der Waals surface area contributed by atoms with E-state index in [1.807, 2.05) is 19.9 Å². The van der Waals surface area contributed by atoms with Crippen molar-refractivity contribution in [2.45, 2.75) is 26.7 Å².